The lowest BCUT2D eigenvalue weighted by Crippen LogP contribution is -2.57. The second kappa shape index (κ2) is 11.7. The number of hydrogen-bond donors (Lipinski definition) is 1. The number of esters is 1. The molecule has 2 unspecified atom stereocenters. The number of nitrogens with one attached hydrogen (secondary N) is 1. The van der Waals surface area contributed by atoms with E-state index in [1.165, 1.54) is 7.11 Å². The lowest BCUT2D eigenvalue weighted by atomic mass is 9.94. The number of piperazine rings is 1. The first-order valence-electron chi connectivity index (χ1n) is 11.5. The van der Waals surface area contributed by atoms with E-state index in [4.69, 9.17) is 21.1 Å². The SMILES string of the molecule is CCOC(=O)C1=C(CN2CCN(C(=O)COC)C(C)C2)N(CC)C(=O)NC1c1ccc(Cl)cc1. The zero-order chi connectivity index (χ0) is 24.8. The van der Waals surface area contributed by atoms with E-state index in [2.05, 4.69) is 10.2 Å². The molecule has 9 nitrogen and oxygen atoms in total. The summed E-state index contributed by atoms with van der Waals surface area (Å²) in [5.74, 6) is -0.506. The van der Waals surface area contributed by atoms with Crippen LogP contribution in [0.2, 0.25) is 5.02 Å². The van der Waals surface area contributed by atoms with Gasteiger partial charge in [-0.2, -0.15) is 0 Å². The molecule has 2 heterocycles. The Balaban J connectivity index is 1.95. The summed E-state index contributed by atoms with van der Waals surface area (Å²) < 4.78 is 10.4. The van der Waals surface area contributed by atoms with Gasteiger partial charge in [0.1, 0.15) is 6.61 Å². The Morgan fingerprint density at radius 3 is 2.47 bits per heavy atom. The van der Waals surface area contributed by atoms with Crippen molar-refractivity contribution in [3.8, 4) is 0 Å². The van der Waals surface area contributed by atoms with Crippen LogP contribution in [-0.4, -0.2) is 91.7 Å². The monoisotopic (exact) mass is 492 g/mol. The largest absolute Gasteiger partial charge is 0.463 e. The Morgan fingerprint density at radius 1 is 1.18 bits per heavy atom. The third-order valence-electron chi connectivity index (χ3n) is 6.13. The van der Waals surface area contributed by atoms with Crippen molar-refractivity contribution in [1.29, 1.82) is 0 Å². The highest BCUT2D eigenvalue weighted by Gasteiger charge is 2.39. The summed E-state index contributed by atoms with van der Waals surface area (Å²) in [6.45, 7) is 8.45. The molecule has 3 amide bonds. The number of benzene rings is 1. The van der Waals surface area contributed by atoms with Gasteiger partial charge in [-0.05, 0) is 38.5 Å². The van der Waals surface area contributed by atoms with Crippen molar-refractivity contribution in [3.63, 3.8) is 0 Å². The summed E-state index contributed by atoms with van der Waals surface area (Å²) in [7, 11) is 1.51. The average Bonchev–Trinajstić information content (AvgIpc) is 2.79. The van der Waals surface area contributed by atoms with Crippen LogP contribution in [-0.2, 0) is 19.1 Å². The molecule has 34 heavy (non-hydrogen) atoms. The predicted molar refractivity (Wildman–Crippen MR) is 128 cm³/mol. The van der Waals surface area contributed by atoms with Crippen LogP contribution in [0.1, 0.15) is 32.4 Å². The molecule has 10 heteroatoms. The topological polar surface area (TPSA) is 91.4 Å². The highest BCUT2D eigenvalue weighted by molar-refractivity contribution is 6.30. The van der Waals surface area contributed by atoms with Crippen LogP contribution in [0.5, 0.6) is 0 Å². The number of likely N-dealkylation sites (N-methyl/N-ethyl adjacent to an activating group) is 1. The van der Waals surface area contributed by atoms with Gasteiger partial charge in [-0.25, -0.2) is 9.59 Å². The minimum atomic E-state index is -0.649. The quantitative estimate of drug-likeness (QED) is 0.560. The molecule has 1 N–H and O–H groups in total. The van der Waals surface area contributed by atoms with Crippen molar-refractivity contribution in [2.24, 2.45) is 0 Å². The molecule has 3 rings (SSSR count). The number of hydrogen-bond acceptors (Lipinski definition) is 6. The van der Waals surface area contributed by atoms with Crippen molar-refractivity contribution in [3.05, 3.63) is 46.1 Å². The van der Waals surface area contributed by atoms with Gasteiger partial charge in [0.2, 0.25) is 5.91 Å². The van der Waals surface area contributed by atoms with E-state index in [1.54, 1.807) is 36.1 Å². The summed E-state index contributed by atoms with van der Waals surface area (Å²) in [4.78, 5) is 44.1. The third kappa shape index (κ3) is 5.71. The van der Waals surface area contributed by atoms with E-state index in [1.807, 2.05) is 18.7 Å². The first-order chi connectivity index (χ1) is 16.3. The van der Waals surface area contributed by atoms with E-state index < -0.39 is 12.0 Å². The smallest absolute Gasteiger partial charge is 0.338 e. The molecule has 1 aromatic carbocycles. The molecule has 0 radical (unpaired) electrons. The second-order valence-electron chi connectivity index (χ2n) is 8.36. The first kappa shape index (κ1) is 26.0. The highest BCUT2D eigenvalue weighted by atomic mass is 35.5. The average molecular weight is 493 g/mol. The maximum atomic E-state index is 13.2. The Morgan fingerprint density at radius 2 is 1.88 bits per heavy atom. The van der Waals surface area contributed by atoms with Gasteiger partial charge in [0, 0.05) is 56.6 Å². The van der Waals surface area contributed by atoms with E-state index in [0.29, 0.717) is 49.0 Å². The lowest BCUT2D eigenvalue weighted by Gasteiger charge is -2.42. The Bertz CT molecular complexity index is 936. The molecule has 0 aliphatic carbocycles. The molecule has 0 spiro atoms. The first-order valence-corrected chi connectivity index (χ1v) is 11.9. The fourth-order valence-electron chi connectivity index (χ4n) is 4.53. The zero-order valence-corrected chi connectivity index (χ0v) is 20.9. The highest BCUT2D eigenvalue weighted by Crippen LogP contribution is 2.33. The van der Waals surface area contributed by atoms with Gasteiger partial charge < -0.3 is 19.7 Å². The minimum absolute atomic E-state index is 0.0254. The van der Waals surface area contributed by atoms with Crippen molar-refractivity contribution >= 4 is 29.5 Å². The van der Waals surface area contributed by atoms with Crippen LogP contribution in [0, 0.1) is 0 Å². The molecule has 0 saturated carbocycles. The molecule has 1 saturated heterocycles. The molecule has 2 aliphatic rings. The summed E-state index contributed by atoms with van der Waals surface area (Å²) in [5.41, 5.74) is 1.78. The molecule has 1 fully saturated rings. The molecule has 0 bridgehead atoms. The van der Waals surface area contributed by atoms with E-state index in [0.717, 1.165) is 5.56 Å². The molecular weight excluding hydrogens is 460 g/mol. The summed E-state index contributed by atoms with van der Waals surface area (Å²) in [6, 6.07) is 6.12. The summed E-state index contributed by atoms with van der Waals surface area (Å²) in [6.07, 6.45) is 0. The van der Waals surface area contributed by atoms with Crippen LogP contribution in [0.25, 0.3) is 0 Å². The maximum Gasteiger partial charge on any atom is 0.338 e. The minimum Gasteiger partial charge on any atom is -0.463 e. The molecule has 2 aliphatic heterocycles. The Hall–Kier alpha value is -2.62. The lowest BCUT2D eigenvalue weighted by molar-refractivity contribution is -0.139. The van der Waals surface area contributed by atoms with Gasteiger partial charge in [0.15, 0.2) is 0 Å². The van der Waals surface area contributed by atoms with Gasteiger partial charge in [-0.1, -0.05) is 23.7 Å². The van der Waals surface area contributed by atoms with E-state index >= 15 is 0 Å². The number of carbonyl (C=O) groups is 3. The number of rotatable bonds is 8. The molecule has 2 atom stereocenters. The number of ether oxygens (including phenoxy) is 2. The van der Waals surface area contributed by atoms with E-state index in [9.17, 15) is 14.4 Å². The number of halogens is 1. The molecular formula is C24H33ClN4O5. The third-order valence-corrected chi connectivity index (χ3v) is 6.38. The number of carbonyl (C=O) groups excluding carboxylic acids is 3. The van der Waals surface area contributed by atoms with Gasteiger partial charge in [0.05, 0.1) is 18.2 Å². The predicted octanol–water partition coefficient (Wildman–Crippen LogP) is 2.42. The van der Waals surface area contributed by atoms with Crippen molar-refractivity contribution in [2.75, 3.05) is 53.0 Å². The Labute approximate surface area is 205 Å². The molecule has 1 aromatic rings. The fourth-order valence-corrected chi connectivity index (χ4v) is 4.65. The van der Waals surface area contributed by atoms with Gasteiger partial charge >= 0.3 is 12.0 Å². The molecule has 186 valence electrons. The van der Waals surface area contributed by atoms with Crippen molar-refractivity contribution in [2.45, 2.75) is 32.9 Å². The van der Waals surface area contributed by atoms with Gasteiger partial charge in [0.25, 0.3) is 0 Å². The standard InChI is InChI=1S/C24H33ClN4O5/c1-5-28-19(14-27-11-12-29(16(3)13-27)20(30)15-33-4)21(23(31)34-6-2)22(26-24(28)32)17-7-9-18(25)10-8-17/h7-10,16,22H,5-6,11-15H2,1-4H3,(H,26,32). The van der Waals surface area contributed by atoms with Crippen LogP contribution in [0.15, 0.2) is 35.5 Å². The van der Waals surface area contributed by atoms with Crippen LogP contribution in [0.3, 0.4) is 0 Å². The maximum absolute atomic E-state index is 13.2. The number of nitrogens with zero attached hydrogens (tertiary/aromatic N) is 3. The Kier molecular flexibility index (Phi) is 8.93. The van der Waals surface area contributed by atoms with Gasteiger partial charge in [-0.3, -0.25) is 14.6 Å². The van der Waals surface area contributed by atoms with Gasteiger partial charge in [-0.15, -0.1) is 0 Å². The number of urea groups is 1. The van der Waals surface area contributed by atoms with Crippen LogP contribution >= 0.6 is 11.6 Å². The summed E-state index contributed by atoms with van der Waals surface area (Å²) >= 11 is 6.06. The summed E-state index contributed by atoms with van der Waals surface area (Å²) in [5, 5.41) is 3.52. The van der Waals surface area contributed by atoms with Crippen LogP contribution in [0.4, 0.5) is 4.79 Å². The van der Waals surface area contributed by atoms with E-state index in [-0.39, 0.29) is 31.2 Å². The fraction of sp³-hybridized carbons (Fsp3) is 0.542. The number of amides is 3. The zero-order valence-electron chi connectivity index (χ0n) is 20.2. The van der Waals surface area contributed by atoms with Crippen LogP contribution < -0.4 is 5.32 Å². The number of methoxy groups -OCH3 is 1. The van der Waals surface area contributed by atoms with Crippen molar-refractivity contribution in [1.82, 2.24) is 20.0 Å². The molecule has 0 aromatic heterocycles. The normalized spacial score (nSPS) is 21.5. The second-order valence-corrected chi connectivity index (χ2v) is 8.80. The van der Waals surface area contributed by atoms with Crippen molar-refractivity contribution < 1.29 is 23.9 Å².